The number of hydrogen-bond donors (Lipinski definition) is 1. The molecule has 0 spiro atoms. The SMILES string of the molecule is C=CC(=O)OC1CCC(OC(=O)CS(=O)(=O)O)CC1. The minimum Gasteiger partial charge on any atom is -0.462 e. The minimum atomic E-state index is -4.36. The second-order valence-corrected chi connectivity index (χ2v) is 5.71. The van der Waals surface area contributed by atoms with Gasteiger partial charge in [-0.3, -0.25) is 9.35 Å². The molecule has 19 heavy (non-hydrogen) atoms. The average molecular weight is 292 g/mol. The van der Waals surface area contributed by atoms with Crippen molar-refractivity contribution in [1.82, 2.24) is 0 Å². The quantitative estimate of drug-likeness (QED) is 0.445. The molecule has 0 radical (unpaired) electrons. The summed E-state index contributed by atoms with van der Waals surface area (Å²) in [6.07, 6.45) is 2.46. The lowest BCUT2D eigenvalue weighted by molar-refractivity contribution is -0.153. The first-order valence-electron chi connectivity index (χ1n) is 5.78. The zero-order chi connectivity index (χ0) is 14.5. The third-order valence-corrected chi connectivity index (χ3v) is 3.27. The van der Waals surface area contributed by atoms with E-state index in [2.05, 4.69) is 6.58 Å². The highest BCUT2D eigenvalue weighted by Crippen LogP contribution is 2.23. The smallest absolute Gasteiger partial charge is 0.330 e. The summed E-state index contributed by atoms with van der Waals surface area (Å²) in [4.78, 5) is 22.1. The van der Waals surface area contributed by atoms with Crippen molar-refractivity contribution in [1.29, 1.82) is 0 Å². The van der Waals surface area contributed by atoms with E-state index < -0.39 is 33.9 Å². The van der Waals surface area contributed by atoms with Crippen molar-refractivity contribution in [3.8, 4) is 0 Å². The maximum absolute atomic E-state index is 11.2. The summed E-state index contributed by atoms with van der Waals surface area (Å²) in [6, 6.07) is 0. The predicted octanol–water partition coefficient (Wildman–Crippen LogP) is 0.458. The number of hydrogen-bond acceptors (Lipinski definition) is 6. The number of rotatable bonds is 5. The van der Waals surface area contributed by atoms with Crippen LogP contribution in [0.5, 0.6) is 0 Å². The lowest BCUT2D eigenvalue weighted by Crippen LogP contribution is -2.31. The van der Waals surface area contributed by atoms with Gasteiger partial charge in [-0.25, -0.2) is 4.79 Å². The Morgan fingerprint density at radius 3 is 2.05 bits per heavy atom. The molecule has 0 atom stereocenters. The summed E-state index contributed by atoms with van der Waals surface area (Å²) in [5, 5.41) is 0. The summed E-state index contributed by atoms with van der Waals surface area (Å²) < 4.78 is 39.4. The van der Waals surface area contributed by atoms with E-state index in [0.717, 1.165) is 6.08 Å². The van der Waals surface area contributed by atoms with Gasteiger partial charge in [0.25, 0.3) is 10.1 Å². The van der Waals surface area contributed by atoms with Gasteiger partial charge < -0.3 is 9.47 Å². The van der Waals surface area contributed by atoms with Gasteiger partial charge in [0, 0.05) is 6.08 Å². The summed E-state index contributed by atoms with van der Waals surface area (Å²) >= 11 is 0. The first kappa shape index (κ1) is 15.6. The molecule has 0 saturated heterocycles. The fraction of sp³-hybridized carbons (Fsp3) is 0.636. The van der Waals surface area contributed by atoms with Crippen molar-refractivity contribution < 1.29 is 32.0 Å². The van der Waals surface area contributed by atoms with Gasteiger partial charge in [0.1, 0.15) is 12.2 Å². The minimum absolute atomic E-state index is 0.234. The van der Waals surface area contributed by atoms with Crippen LogP contribution in [0.15, 0.2) is 12.7 Å². The predicted molar refractivity (Wildman–Crippen MR) is 64.8 cm³/mol. The molecule has 0 amide bonds. The van der Waals surface area contributed by atoms with Gasteiger partial charge >= 0.3 is 11.9 Å². The van der Waals surface area contributed by atoms with Crippen LogP contribution >= 0.6 is 0 Å². The van der Waals surface area contributed by atoms with Gasteiger partial charge in [-0.2, -0.15) is 8.42 Å². The molecular formula is C11H16O7S. The molecule has 0 heterocycles. The topological polar surface area (TPSA) is 107 Å². The van der Waals surface area contributed by atoms with Crippen molar-refractivity contribution in [2.24, 2.45) is 0 Å². The maximum atomic E-state index is 11.2. The summed E-state index contributed by atoms with van der Waals surface area (Å²) in [7, 11) is -4.36. The van der Waals surface area contributed by atoms with Crippen molar-refractivity contribution in [3.05, 3.63) is 12.7 Å². The fourth-order valence-corrected chi connectivity index (χ4v) is 2.22. The van der Waals surface area contributed by atoms with E-state index in [1.807, 2.05) is 0 Å². The highest BCUT2D eigenvalue weighted by molar-refractivity contribution is 7.86. The Balaban J connectivity index is 2.32. The normalized spacial score (nSPS) is 23.4. The van der Waals surface area contributed by atoms with Gasteiger partial charge in [0.15, 0.2) is 5.75 Å². The first-order chi connectivity index (χ1) is 8.80. The molecule has 108 valence electrons. The number of carbonyl (C=O) groups is 2. The van der Waals surface area contributed by atoms with Gasteiger partial charge in [0.05, 0.1) is 0 Å². The molecule has 0 bridgehead atoms. The Morgan fingerprint density at radius 1 is 1.16 bits per heavy atom. The molecule has 1 aliphatic rings. The number of ether oxygens (including phenoxy) is 2. The Hall–Kier alpha value is -1.41. The second kappa shape index (κ2) is 6.67. The molecular weight excluding hydrogens is 276 g/mol. The Labute approximate surface area is 111 Å². The molecule has 8 heteroatoms. The first-order valence-corrected chi connectivity index (χ1v) is 7.39. The Morgan fingerprint density at radius 2 is 1.63 bits per heavy atom. The molecule has 1 rings (SSSR count). The van der Waals surface area contributed by atoms with E-state index in [0.29, 0.717) is 25.7 Å². The third kappa shape index (κ3) is 6.35. The molecule has 0 aromatic heterocycles. The van der Waals surface area contributed by atoms with Crippen molar-refractivity contribution in [3.63, 3.8) is 0 Å². The van der Waals surface area contributed by atoms with Crippen molar-refractivity contribution in [2.45, 2.75) is 37.9 Å². The lowest BCUT2D eigenvalue weighted by atomic mass is 9.95. The van der Waals surface area contributed by atoms with Crippen LogP contribution in [0, 0.1) is 0 Å². The van der Waals surface area contributed by atoms with Crippen LogP contribution in [0.3, 0.4) is 0 Å². The molecule has 0 aromatic rings. The van der Waals surface area contributed by atoms with Crippen LogP contribution in [-0.2, 0) is 29.2 Å². The maximum Gasteiger partial charge on any atom is 0.330 e. The summed E-state index contributed by atoms with van der Waals surface area (Å²) in [5.41, 5.74) is 0. The molecule has 1 fully saturated rings. The monoisotopic (exact) mass is 292 g/mol. The van der Waals surface area contributed by atoms with Crippen LogP contribution in [0.1, 0.15) is 25.7 Å². The van der Waals surface area contributed by atoms with E-state index in [-0.39, 0.29) is 6.10 Å². The van der Waals surface area contributed by atoms with E-state index >= 15 is 0 Å². The van der Waals surface area contributed by atoms with Gasteiger partial charge in [-0.15, -0.1) is 0 Å². The molecule has 1 saturated carbocycles. The molecule has 7 nitrogen and oxygen atoms in total. The second-order valence-electron chi connectivity index (χ2n) is 4.26. The molecule has 1 N–H and O–H groups in total. The van der Waals surface area contributed by atoms with E-state index in [4.69, 9.17) is 14.0 Å². The Bertz CT molecular complexity index is 446. The van der Waals surface area contributed by atoms with E-state index in [1.165, 1.54) is 0 Å². The van der Waals surface area contributed by atoms with Crippen LogP contribution in [0.4, 0.5) is 0 Å². The van der Waals surface area contributed by atoms with Crippen molar-refractivity contribution in [2.75, 3.05) is 5.75 Å². The molecule has 0 aromatic carbocycles. The van der Waals surface area contributed by atoms with Crippen molar-refractivity contribution >= 4 is 22.1 Å². The van der Waals surface area contributed by atoms with Gasteiger partial charge in [-0.05, 0) is 25.7 Å². The average Bonchev–Trinajstić information content (AvgIpc) is 2.29. The summed E-state index contributed by atoms with van der Waals surface area (Å²) in [6.45, 7) is 3.29. The highest BCUT2D eigenvalue weighted by Gasteiger charge is 2.26. The van der Waals surface area contributed by atoms with Crippen LogP contribution < -0.4 is 0 Å². The van der Waals surface area contributed by atoms with E-state index in [9.17, 15) is 18.0 Å². The highest BCUT2D eigenvalue weighted by atomic mass is 32.2. The van der Waals surface area contributed by atoms with E-state index in [1.54, 1.807) is 0 Å². The Kier molecular flexibility index (Phi) is 5.49. The standard InChI is InChI=1S/C11H16O7S/c1-2-10(12)17-8-3-5-9(6-4-8)18-11(13)7-19(14,15)16/h2,8-9H,1,3-7H2,(H,14,15,16). The van der Waals surface area contributed by atoms with Crippen LogP contribution in [0.2, 0.25) is 0 Å². The number of carbonyl (C=O) groups excluding carboxylic acids is 2. The fourth-order valence-electron chi connectivity index (χ4n) is 1.85. The molecule has 0 aliphatic heterocycles. The zero-order valence-corrected chi connectivity index (χ0v) is 11.1. The molecule has 1 aliphatic carbocycles. The van der Waals surface area contributed by atoms with Crippen LogP contribution in [0.25, 0.3) is 0 Å². The largest absolute Gasteiger partial charge is 0.462 e. The molecule has 0 unspecified atom stereocenters. The third-order valence-electron chi connectivity index (χ3n) is 2.67. The van der Waals surface area contributed by atoms with Gasteiger partial charge in [-0.1, -0.05) is 6.58 Å². The van der Waals surface area contributed by atoms with Gasteiger partial charge in [0.2, 0.25) is 0 Å². The van der Waals surface area contributed by atoms with Crippen LogP contribution in [-0.4, -0.2) is 42.9 Å². The number of esters is 2. The summed E-state index contributed by atoms with van der Waals surface area (Å²) in [5.74, 6) is -2.51. The lowest BCUT2D eigenvalue weighted by Gasteiger charge is -2.27. The zero-order valence-electron chi connectivity index (χ0n) is 10.3.